The third kappa shape index (κ3) is 3.35. The first-order chi connectivity index (χ1) is 11.7. The van der Waals surface area contributed by atoms with Crippen LogP contribution < -0.4 is 14.4 Å². The number of ether oxygens (including phenoxy) is 2. The van der Waals surface area contributed by atoms with E-state index in [0.29, 0.717) is 11.5 Å². The molecule has 1 aromatic heterocycles. The van der Waals surface area contributed by atoms with E-state index in [-0.39, 0.29) is 0 Å². The van der Waals surface area contributed by atoms with Crippen LogP contribution in [0.2, 0.25) is 0 Å². The Bertz CT molecular complexity index is 737. The second-order valence-electron chi connectivity index (χ2n) is 5.73. The lowest BCUT2D eigenvalue weighted by molar-refractivity contribution is 0.355. The minimum atomic E-state index is 0.698. The molecule has 2 heterocycles. The third-order valence-electron chi connectivity index (χ3n) is 4.16. The predicted molar refractivity (Wildman–Crippen MR) is 96.7 cm³/mol. The number of hydrogen-bond donors (Lipinski definition) is 0. The summed E-state index contributed by atoms with van der Waals surface area (Å²) < 4.78 is 10.7. The molecule has 0 amide bonds. The van der Waals surface area contributed by atoms with Crippen LogP contribution in [0.15, 0.2) is 30.3 Å². The second kappa shape index (κ2) is 7.34. The van der Waals surface area contributed by atoms with E-state index in [9.17, 15) is 0 Å². The molecule has 0 radical (unpaired) electrons. The van der Waals surface area contributed by atoms with Gasteiger partial charge in [0.05, 0.1) is 19.9 Å². The molecule has 0 N–H and O–H groups in total. The Hall–Kier alpha value is -2.56. The van der Waals surface area contributed by atoms with Crippen molar-refractivity contribution >= 4 is 11.9 Å². The van der Waals surface area contributed by atoms with Crippen molar-refractivity contribution in [3.8, 4) is 22.8 Å². The van der Waals surface area contributed by atoms with Crippen molar-refractivity contribution in [1.82, 2.24) is 9.97 Å². The summed E-state index contributed by atoms with van der Waals surface area (Å²) in [5.41, 5.74) is 1.88. The molecule has 0 saturated carbocycles. The Morgan fingerprint density at radius 3 is 2.42 bits per heavy atom. The monoisotopic (exact) mass is 325 g/mol. The first kappa shape index (κ1) is 16.3. The molecule has 24 heavy (non-hydrogen) atoms. The van der Waals surface area contributed by atoms with Gasteiger partial charge >= 0.3 is 0 Å². The summed E-state index contributed by atoms with van der Waals surface area (Å²) in [7, 11) is 3.28. The summed E-state index contributed by atoms with van der Waals surface area (Å²) in [5, 5.41) is 0. The molecule has 5 heteroatoms. The molecule has 0 aliphatic carbocycles. The Labute approximate surface area is 143 Å². The van der Waals surface area contributed by atoms with E-state index < -0.39 is 0 Å². The van der Waals surface area contributed by atoms with Crippen LogP contribution in [0.3, 0.4) is 0 Å². The van der Waals surface area contributed by atoms with Gasteiger partial charge in [-0.1, -0.05) is 6.08 Å². The number of aromatic nitrogens is 2. The van der Waals surface area contributed by atoms with E-state index in [1.54, 1.807) is 14.2 Å². The maximum atomic E-state index is 5.41. The van der Waals surface area contributed by atoms with Crippen molar-refractivity contribution in [3.05, 3.63) is 36.2 Å². The van der Waals surface area contributed by atoms with Gasteiger partial charge in [0.15, 0.2) is 17.3 Å². The highest BCUT2D eigenvalue weighted by Crippen LogP contribution is 2.33. The van der Waals surface area contributed by atoms with Gasteiger partial charge in [-0.25, -0.2) is 9.97 Å². The predicted octanol–water partition coefficient (Wildman–Crippen LogP) is 3.79. The molecule has 5 nitrogen and oxygen atoms in total. The number of rotatable bonds is 5. The largest absolute Gasteiger partial charge is 0.493 e. The van der Waals surface area contributed by atoms with Gasteiger partial charge in [-0.3, -0.25) is 0 Å². The number of allylic oxidation sites excluding steroid dienone is 1. The zero-order valence-corrected chi connectivity index (χ0v) is 14.5. The van der Waals surface area contributed by atoms with Crippen molar-refractivity contribution in [1.29, 1.82) is 0 Å². The van der Waals surface area contributed by atoms with E-state index in [4.69, 9.17) is 9.47 Å². The zero-order chi connectivity index (χ0) is 16.9. The van der Waals surface area contributed by atoms with Gasteiger partial charge < -0.3 is 14.4 Å². The number of hydrogen-bond acceptors (Lipinski definition) is 5. The van der Waals surface area contributed by atoms with Crippen LogP contribution in [0.5, 0.6) is 11.5 Å². The van der Waals surface area contributed by atoms with E-state index in [1.807, 2.05) is 37.3 Å². The fraction of sp³-hybridized carbons (Fsp3) is 0.368. The van der Waals surface area contributed by atoms with Gasteiger partial charge in [0.1, 0.15) is 5.82 Å². The third-order valence-corrected chi connectivity index (χ3v) is 4.16. The van der Waals surface area contributed by atoms with Crippen molar-refractivity contribution < 1.29 is 9.47 Å². The van der Waals surface area contributed by atoms with Crippen LogP contribution in [0.1, 0.15) is 25.6 Å². The average molecular weight is 325 g/mol. The maximum absolute atomic E-state index is 5.41. The number of benzene rings is 1. The molecular weight excluding hydrogens is 302 g/mol. The summed E-state index contributed by atoms with van der Waals surface area (Å²) in [6.07, 6.45) is 6.33. The average Bonchev–Trinajstić information content (AvgIpc) is 3.16. The SMILES string of the molecule is C/C=C/c1nc(-c2ccc(OC)c(OC)c2)cc(N2CCCC2)n1. The lowest BCUT2D eigenvalue weighted by Crippen LogP contribution is -2.19. The van der Waals surface area contributed by atoms with Crippen LogP contribution in [-0.2, 0) is 0 Å². The minimum Gasteiger partial charge on any atom is -0.493 e. The molecule has 1 aliphatic heterocycles. The highest BCUT2D eigenvalue weighted by Gasteiger charge is 2.16. The van der Waals surface area contributed by atoms with Crippen molar-refractivity contribution in [2.45, 2.75) is 19.8 Å². The number of anilines is 1. The van der Waals surface area contributed by atoms with E-state index >= 15 is 0 Å². The molecule has 3 rings (SSSR count). The fourth-order valence-electron chi connectivity index (χ4n) is 2.93. The first-order valence-electron chi connectivity index (χ1n) is 8.24. The molecule has 0 atom stereocenters. The van der Waals surface area contributed by atoms with Gasteiger partial charge in [-0.2, -0.15) is 0 Å². The molecule has 1 aliphatic rings. The van der Waals surface area contributed by atoms with E-state index in [0.717, 1.165) is 36.0 Å². The smallest absolute Gasteiger partial charge is 0.161 e. The van der Waals surface area contributed by atoms with Crippen molar-refractivity contribution in [2.75, 3.05) is 32.2 Å². The summed E-state index contributed by atoms with van der Waals surface area (Å²) in [4.78, 5) is 11.7. The van der Waals surface area contributed by atoms with E-state index in [1.165, 1.54) is 12.8 Å². The highest BCUT2D eigenvalue weighted by atomic mass is 16.5. The van der Waals surface area contributed by atoms with Crippen molar-refractivity contribution in [2.24, 2.45) is 0 Å². The molecular formula is C19H23N3O2. The van der Waals surface area contributed by atoms with Crippen LogP contribution in [0, 0.1) is 0 Å². The van der Waals surface area contributed by atoms with Gasteiger partial charge in [0, 0.05) is 24.7 Å². The normalized spacial score (nSPS) is 14.4. The van der Waals surface area contributed by atoms with Gasteiger partial charge in [-0.05, 0) is 44.0 Å². The second-order valence-corrected chi connectivity index (χ2v) is 5.73. The Balaban J connectivity index is 2.05. The van der Waals surface area contributed by atoms with E-state index in [2.05, 4.69) is 20.9 Å². The van der Waals surface area contributed by atoms with Crippen LogP contribution >= 0.6 is 0 Å². The molecule has 0 bridgehead atoms. The quantitative estimate of drug-likeness (QED) is 0.837. The van der Waals surface area contributed by atoms with Crippen LogP contribution in [0.25, 0.3) is 17.3 Å². The number of methoxy groups -OCH3 is 2. The molecule has 126 valence electrons. The fourth-order valence-corrected chi connectivity index (χ4v) is 2.93. The minimum absolute atomic E-state index is 0.698. The Kier molecular flexibility index (Phi) is 4.99. The molecule has 1 fully saturated rings. The summed E-state index contributed by atoms with van der Waals surface area (Å²) >= 11 is 0. The molecule has 0 unspecified atom stereocenters. The lowest BCUT2D eigenvalue weighted by atomic mass is 10.1. The van der Waals surface area contributed by atoms with Crippen LogP contribution in [0.4, 0.5) is 5.82 Å². The first-order valence-corrected chi connectivity index (χ1v) is 8.24. The standard InChI is InChI=1S/C19H23N3O2/c1-4-7-18-20-15(13-19(21-18)22-10-5-6-11-22)14-8-9-16(23-2)17(12-14)24-3/h4,7-9,12-13H,5-6,10-11H2,1-3H3/b7-4+. The van der Waals surface area contributed by atoms with Gasteiger partial charge in [0.2, 0.25) is 0 Å². The topological polar surface area (TPSA) is 47.5 Å². The Morgan fingerprint density at radius 2 is 1.75 bits per heavy atom. The lowest BCUT2D eigenvalue weighted by Gasteiger charge is -2.18. The molecule has 2 aromatic rings. The molecule has 0 spiro atoms. The van der Waals surface area contributed by atoms with Gasteiger partial charge in [0.25, 0.3) is 0 Å². The summed E-state index contributed by atoms with van der Waals surface area (Å²) in [6, 6.07) is 7.91. The summed E-state index contributed by atoms with van der Waals surface area (Å²) in [5.74, 6) is 3.12. The zero-order valence-electron chi connectivity index (χ0n) is 14.5. The highest BCUT2D eigenvalue weighted by molar-refractivity contribution is 5.68. The summed E-state index contributed by atoms with van der Waals surface area (Å²) in [6.45, 7) is 4.08. The molecule has 1 aromatic carbocycles. The maximum Gasteiger partial charge on any atom is 0.161 e. The van der Waals surface area contributed by atoms with Gasteiger partial charge in [-0.15, -0.1) is 0 Å². The molecule has 1 saturated heterocycles. The Morgan fingerprint density at radius 1 is 1.00 bits per heavy atom. The van der Waals surface area contributed by atoms with Crippen molar-refractivity contribution in [3.63, 3.8) is 0 Å². The number of nitrogens with zero attached hydrogens (tertiary/aromatic N) is 3. The van der Waals surface area contributed by atoms with Crippen LogP contribution in [-0.4, -0.2) is 37.3 Å².